The molecule has 2 saturated heterocycles. The summed E-state index contributed by atoms with van der Waals surface area (Å²) in [7, 11) is 0. The van der Waals surface area contributed by atoms with Crippen LogP contribution in [0.4, 0.5) is 0 Å². The molecule has 8 heteroatoms. The van der Waals surface area contributed by atoms with Gasteiger partial charge in [-0.15, -0.1) is 4.91 Å². The maximum Gasteiger partial charge on any atom is 0.185 e. The summed E-state index contributed by atoms with van der Waals surface area (Å²) in [5, 5.41) is 23.4. The van der Waals surface area contributed by atoms with E-state index < -0.39 is 24.5 Å². The van der Waals surface area contributed by atoms with Gasteiger partial charge in [-0.3, -0.25) is 4.94 Å². The minimum absolute atomic E-state index is 0.245. The van der Waals surface area contributed by atoms with Crippen LogP contribution in [0.15, 0.2) is 17.0 Å². The normalized spacial score (nSPS) is 31.4. The number of rotatable bonds is 16. The zero-order chi connectivity index (χ0) is 22.8. The van der Waals surface area contributed by atoms with Crippen molar-refractivity contribution in [3.8, 4) is 0 Å². The molecule has 2 aliphatic heterocycles. The second kappa shape index (κ2) is 13.5. The quantitative estimate of drug-likeness (QED) is 0.122. The van der Waals surface area contributed by atoms with Crippen LogP contribution in [0.5, 0.6) is 0 Å². The Morgan fingerprint density at radius 3 is 2.58 bits per heavy atom. The van der Waals surface area contributed by atoms with E-state index in [1.165, 1.54) is 42.7 Å². The van der Waals surface area contributed by atoms with E-state index in [4.69, 9.17) is 9.47 Å². The summed E-state index contributed by atoms with van der Waals surface area (Å²) < 4.78 is 11.3. The molecule has 0 saturated carbocycles. The summed E-state index contributed by atoms with van der Waals surface area (Å²) in [6, 6.07) is -0.815. The molecular formula is C23H42N2O6. The Kier molecular flexibility index (Phi) is 11.4. The van der Waals surface area contributed by atoms with Gasteiger partial charge < -0.3 is 19.7 Å². The number of fused-ring (bicyclic) bond motifs is 1. The molecule has 2 heterocycles. The number of aliphatic hydroxyl groups excluding tert-OH is 2. The van der Waals surface area contributed by atoms with E-state index in [2.05, 4.69) is 44.0 Å². The van der Waals surface area contributed by atoms with E-state index in [-0.39, 0.29) is 12.6 Å². The van der Waals surface area contributed by atoms with Gasteiger partial charge in [-0.05, 0) is 44.4 Å². The molecule has 2 rings (SSSR count). The summed E-state index contributed by atoms with van der Waals surface area (Å²) in [5.41, 5.74) is 1.42. The molecule has 0 aromatic rings. The van der Waals surface area contributed by atoms with Crippen molar-refractivity contribution in [1.82, 2.24) is 5.06 Å². The van der Waals surface area contributed by atoms with Crippen molar-refractivity contribution < 1.29 is 24.6 Å². The lowest BCUT2D eigenvalue weighted by Crippen LogP contribution is -2.47. The Balaban J connectivity index is 1.57. The van der Waals surface area contributed by atoms with E-state index >= 15 is 0 Å². The van der Waals surface area contributed by atoms with Crippen LogP contribution in [0.3, 0.4) is 0 Å². The van der Waals surface area contributed by atoms with Crippen molar-refractivity contribution in [1.29, 1.82) is 0 Å². The zero-order valence-corrected chi connectivity index (χ0v) is 19.6. The molecule has 0 radical (unpaired) electrons. The van der Waals surface area contributed by atoms with E-state index in [1.807, 2.05) is 0 Å². The Morgan fingerprint density at radius 1 is 1.16 bits per heavy atom. The smallest absolute Gasteiger partial charge is 0.185 e. The molecule has 7 atom stereocenters. The Morgan fingerprint density at radius 2 is 1.90 bits per heavy atom. The minimum atomic E-state index is -0.950. The summed E-state index contributed by atoms with van der Waals surface area (Å²) >= 11 is 0. The summed E-state index contributed by atoms with van der Waals surface area (Å²) in [6.45, 7) is 9.33. The van der Waals surface area contributed by atoms with Gasteiger partial charge in [0.1, 0.15) is 18.2 Å². The number of unbranched alkanes of at least 4 members (excludes halogenated alkanes) is 1. The van der Waals surface area contributed by atoms with Crippen molar-refractivity contribution >= 4 is 0 Å². The SMILES string of the molecule is C/C(=C\CCCOC1OC(CO)C2C(C1O)N2ON=O)CCCC(C)CCCC(C)C. The van der Waals surface area contributed by atoms with Crippen LogP contribution < -0.4 is 0 Å². The van der Waals surface area contributed by atoms with Crippen molar-refractivity contribution in [3.63, 3.8) is 0 Å². The second-order valence-corrected chi connectivity index (χ2v) is 9.60. The van der Waals surface area contributed by atoms with Crippen LogP contribution in [0.25, 0.3) is 0 Å². The van der Waals surface area contributed by atoms with Gasteiger partial charge in [0.05, 0.1) is 19.3 Å². The van der Waals surface area contributed by atoms with E-state index in [1.54, 1.807) is 0 Å². The van der Waals surface area contributed by atoms with Gasteiger partial charge in [0.2, 0.25) is 0 Å². The highest BCUT2D eigenvalue weighted by atomic mass is 16.9. The number of aliphatic hydroxyl groups is 2. The number of hydroxylamine groups is 2. The summed E-state index contributed by atoms with van der Waals surface area (Å²) in [5.74, 6) is 1.61. The third kappa shape index (κ3) is 8.42. The number of hydrogen-bond donors (Lipinski definition) is 2. The summed E-state index contributed by atoms with van der Waals surface area (Å²) in [4.78, 5) is 14.9. The number of ether oxygens (including phenoxy) is 2. The number of nitrogens with zero attached hydrogens (tertiary/aromatic N) is 2. The lowest BCUT2D eigenvalue weighted by Gasteiger charge is -2.30. The Labute approximate surface area is 186 Å². The molecule has 180 valence electrons. The number of allylic oxidation sites excluding steroid dienone is 2. The standard InChI is InChI=1S/C23H42N2O6/c1-16(2)9-7-11-18(4)13-8-12-17(3)10-5-6-14-29-23-22(27)21-20(19(15-26)30-23)25(21)31-24-28/h10,16,18-23,26-27H,5-9,11-15H2,1-4H3/b17-10+. The van der Waals surface area contributed by atoms with E-state index in [0.29, 0.717) is 6.61 Å². The molecule has 0 aliphatic carbocycles. The molecule has 2 aliphatic rings. The third-order valence-electron chi connectivity index (χ3n) is 6.34. The van der Waals surface area contributed by atoms with Gasteiger partial charge in [-0.2, -0.15) is 0 Å². The van der Waals surface area contributed by atoms with Crippen LogP contribution >= 0.6 is 0 Å². The lowest BCUT2D eigenvalue weighted by molar-refractivity contribution is -0.234. The predicted molar refractivity (Wildman–Crippen MR) is 119 cm³/mol. The first kappa shape index (κ1) is 26.2. The monoisotopic (exact) mass is 442 g/mol. The fourth-order valence-electron chi connectivity index (χ4n) is 4.40. The fraction of sp³-hybridized carbons (Fsp3) is 0.913. The predicted octanol–water partition coefficient (Wildman–Crippen LogP) is 4.11. The molecule has 2 fully saturated rings. The largest absolute Gasteiger partial charge is 0.394 e. The van der Waals surface area contributed by atoms with Crippen molar-refractivity contribution in [3.05, 3.63) is 16.6 Å². The topological polar surface area (TPSA) is 101 Å². The fourth-order valence-corrected chi connectivity index (χ4v) is 4.40. The first-order valence-corrected chi connectivity index (χ1v) is 11.9. The molecule has 0 aromatic heterocycles. The minimum Gasteiger partial charge on any atom is -0.394 e. The van der Waals surface area contributed by atoms with Crippen LogP contribution in [-0.2, 0) is 14.4 Å². The van der Waals surface area contributed by atoms with Gasteiger partial charge >= 0.3 is 0 Å². The average Bonchev–Trinajstić information content (AvgIpc) is 3.44. The van der Waals surface area contributed by atoms with Gasteiger partial charge in [-0.1, -0.05) is 63.2 Å². The van der Waals surface area contributed by atoms with Gasteiger partial charge in [0.15, 0.2) is 11.6 Å². The molecule has 0 bridgehead atoms. The Hall–Kier alpha value is -1.06. The molecule has 0 amide bonds. The van der Waals surface area contributed by atoms with Crippen LogP contribution in [0.1, 0.15) is 79.1 Å². The van der Waals surface area contributed by atoms with Crippen molar-refractivity contribution in [2.45, 2.75) is 110 Å². The summed E-state index contributed by atoms with van der Waals surface area (Å²) in [6.07, 6.45) is 9.31. The van der Waals surface area contributed by atoms with Crippen molar-refractivity contribution in [2.24, 2.45) is 17.2 Å². The maximum atomic E-state index is 10.3. The highest BCUT2D eigenvalue weighted by Gasteiger charge is 2.65. The van der Waals surface area contributed by atoms with E-state index in [0.717, 1.165) is 31.1 Å². The molecule has 0 spiro atoms. The molecule has 2 N–H and O–H groups in total. The maximum absolute atomic E-state index is 10.3. The van der Waals surface area contributed by atoms with Gasteiger partial charge in [0, 0.05) is 0 Å². The molecular weight excluding hydrogens is 400 g/mol. The van der Waals surface area contributed by atoms with E-state index in [9.17, 15) is 15.1 Å². The molecule has 0 aromatic carbocycles. The molecule has 31 heavy (non-hydrogen) atoms. The first-order valence-electron chi connectivity index (χ1n) is 11.9. The lowest BCUT2D eigenvalue weighted by atomic mass is 9.94. The Bertz CT molecular complexity index is 558. The first-order chi connectivity index (χ1) is 14.9. The van der Waals surface area contributed by atoms with Crippen molar-refractivity contribution in [2.75, 3.05) is 13.2 Å². The van der Waals surface area contributed by atoms with Gasteiger partial charge in [-0.25, -0.2) is 0 Å². The number of hydrogen-bond acceptors (Lipinski definition) is 8. The second-order valence-electron chi connectivity index (χ2n) is 9.60. The molecule has 7 unspecified atom stereocenters. The third-order valence-corrected chi connectivity index (χ3v) is 6.34. The van der Waals surface area contributed by atoms with Crippen LogP contribution in [0.2, 0.25) is 0 Å². The average molecular weight is 443 g/mol. The van der Waals surface area contributed by atoms with Crippen LogP contribution in [0, 0.1) is 16.7 Å². The highest BCUT2D eigenvalue weighted by Crippen LogP contribution is 2.41. The van der Waals surface area contributed by atoms with Gasteiger partial charge in [0.25, 0.3) is 0 Å². The highest BCUT2D eigenvalue weighted by molar-refractivity contribution is 5.10. The zero-order valence-electron chi connectivity index (χ0n) is 19.6. The molecule has 8 nitrogen and oxygen atoms in total. The van der Waals surface area contributed by atoms with Crippen LogP contribution in [-0.4, -0.2) is 59.1 Å².